The fourth-order valence-corrected chi connectivity index (χ4v) is 3.91. The molecule has 1 saturated heterocycles. The van der Waals surface area contributed by atoms with E-state index in [9.17, 15) is 14.0 Å². The quantitative estimate of drug-likeness (QED) is 0.740. The lowest BCUT2D eigenvalue weighted by Crippen LogP contribution is -2.33. The van der Waals surface area contributed by atoms with Gasteiger partial charge in [-0.25, -0.2) is 9.38 Å². The molecule has 1 atom stereocenters. The molecule has 0 unspecified atom stereocenters. The number of thioether (sulfide) groups is 1. The van der Waals surface area contributed by atoms with E-state index in [0.717, 1.165) is 11.3 Å². The number of para-hydroxylation sites is 2. The summed E-state index contributed by atoms with van der Waals surface area (Å²) < 4.78 is 13.7. The third-order valence-corrected chi connectivity index (χ3v) is 5.36. The molecule has 1 aliphatic rings. The summed E-state index contributed by atoms with van der Waals surface area (Å²) in [5.41, 5.74) is 1.85. The highest BCUT2D eigenvalue weighted by Crippen LogP contribution is 2.32. The Hall–Kier alpha value is -2.93. The van der Waals surface area contributed by atoms with Gasteiger partial charge in [0.05, 0.1) is 11.4 Å². The standard InChI is InChI=1S/C21H20FN3O2S/c1-3-12-25-20(27)18(13-19(26)23-17-11-7-5-9-15(17)22)28-21(25)24-16-10-6-4-8-14(16)2/h3-11,18H,1,12-13H2,2H3,(H,23,26)/t18-/m0/s1. The van der Waals surface area contributed by atoms with Gasteiger partial charge in [0.15, 0.2) is 5.17 Å². The largest absolute Gasteiger partial charge is 0.324 e. The molecule has 144 valence electrons. The molecule has 1 heterocycles. The number of carbonyl (C=O) groups excluding carboxylic acids is 2. The molecule has 3 rings (SSSR count). The maximum Gasteiger partial charge on any atom is 0.242 e. The SMILES string of the molecule is C=CCN1C(=O)[C@H](CC(=O)Nc2ccccc2F)SC1=Nc1ccccc1C. The Labute approximate surface area is 167 Å². The number of benzene rings is 2. The predicted molar refractivity (Wildman–Crippen MR) is 111 cm³/mol. The molecule has 0 radical (unpaired) electrons. The summed E-state index contributed by atoms with van der Waals surface area (Å²) in [7, 11) is 0. The van der Waals surface area contributed by atoms with Gasteiger partial charge in [0, 0.05) is 13.0 Å². The average Bonchev–Trinajstić information content (AvgIpc) is 2.94. The number of rotatable bonds is 6. The van der Waals surface area contributed by atoms with Crippen LogP contribution in [0.4, 0.5) is 15.8 Å². The van der Waals surface area contributed by atoms with Crippen molar-refractivity contribution in [1.82, 2.24) is 4.90 Å². The monoisotopic (exact) mass is 397 g/mol. The van der Waals surface area contributed by atoms with E-state index in [-0.39, 0.29) is 18.0 Å². The van der Waals surface area contributed by atoms with Crippen molar-refractivity contribution in [2.24, 2.45) is 4.99 Å². The molecular formula is C21H20FN3O2S. The van der Waals surface area contributed by atoms with Gasteiger partial charge in [-0.2, -0.15) is 0 Å². The van der Waals surface area contributed by atoms with Crippen molar-refractivity contribution in [3.63, 3.8) is 0 Å². The van der Waals surface area contributed by atoms with E-state index in [1.54, 1.807) is 18.2 Å². The van der Waals surface area contributed by atoms with Crippen LogP contribution in [-0.2, 0) is 9.59 Å². The summed E-state index contributed by atoms with van der Waals surface area (Å²) in [6, 6.07) is 13.5. The molecule has 0 spiro atoms. The summed E-state index contributed by atoms with van der Waals surface area (Å²) in [6.07, 6.45) is 1.55. The zero-order valence-corrected chi connectivity index (χ0v) is 16.2. The maximum absolute atomic E-state index is 13.7. The number of amides is 2. The van der Waals surface area contributed by atoms with Crippen LogP contribution in [0.15, 0.2) is 66.2 Å². The van der Waals surface area contributed by atoms with Crippen molar-refractivity contribution in [3.8, 4) is 0 Å². The first-order chi connectivity index (χ1) is 13.5. The van der Waals surface area contributed by atoms with E-state index < -0.39 is 17.0 Å². The average molecular weight is 397 g/mol. The van der Waals surface area contributed by atoms with Gasteiger partial charge in [0.1, 0.15) is 11.1 Å². The Kier molecular flexibility index (Phi) is 6.26. The van der Waals surface area contributed by atoms with E-state index in [0.29, 0.717) is 11.7 Å². The van der Waals surface area contributed by atoms with Crippen molar-refractivity contribution in [2.45, 2.75) is 18.6 Å². The van der Waals surface area contributed by atoms with Crippen molar-refractivity contribution >= 4 is 40.1 Å². The summed E-state index contributed by atoms with van der Waals surface area (Å²) in [5.74, 6) is -1.15. The summed E-state index contributed by atoms with van der Waals surface area (Å²) in [5, 5.41) is 2.43. The Morgan fingerprint density at radius 3 is 2.71 bits per heavy atom. The highest BCUT2D eigenvalue weighted by Gasteiger charge is 2.38. The molecule has 0 saturated carbocycles. The minimum atomic E-state index is -0.616. The van der Waals surface area contributed by atoms with Crippen molar-refractivity contribution in [3.05, 3.63) is 72.6 Å². The van der Waals surface area contributed by atoms with E-state index in [2.05, 4.69) is 16.9 Å². The fourth-order valence-electron chi connectivity index (χ4n) is 2.75. The third kappa shape index (κ3) is 4.48. The number of amidine groups is 1. The molecular weight excluding hydrogens is 377 g/mol. The topological polar surface area (TPSA) is 61.8 Å². The van der Waals surface area contributed by atoms with Gasteiger partial charge in [-0.05, 0) is 30.7 Å². The van der Waals surface area contributed by atoms with Crippen LogP contribution in [-0.4, -0.2) is 33.7 Å². The molecule has 28 heavy (non-hydrogen) atoms. The fraction of sp³-hybridized carbons (Fsp3) is 0.190. The van der Waals surface area contributed by atoms with Crippen molar-refractivity contribution < 1.29 is 14.0 Å². The Morgan fingerprint density at radius 1 is 1.29 bits per heavy atom. The van der Waals surface area contributed by atoms with Crippen LogP contribution in [0.1, 0.15) is 12.0 Å². The first kappa shape index (κ1) is 19.8. The minimum absolute atomic E-state index is 0.0712. The lowest BCUT2D eigenvalue weighted by molar-refractivity contribution is -0.127. The van der Waals surface area contributed by atoms with Crippen LogP contribution < -0.4 is 5.32 Å². The second-order valence-electron chi connectivity index (χ2n) is 6.26. The van der Waals surface area contributed by atoms with Gasteiger partial charge in [-0.3, -0.25) is 14.5 Å². The minimum Gasteiger partial charge on any atom is -0.324 e. The van der Waals surface area contributed by atoms with Crippen molar-refractivity contribution in [2.75, 3.05) is 11.9 Å². The summed E-state index contributed by atoms with van der Waals surface area (Å²) in [4.78, 5) is 31.2. The zero-order valence-electron chi connectivity index (χ0n) is 15.4. The van der Waals surface area contributed by atoms with Crippen LogP contribution in [0.25, 0.3) is 0 Å². The number of nitrogens with zero attached hydrogens (tertiary/aromatic N) is 2. The smallest absolute Gasteiger partial charge is 0.242 e. The van der Waals surface area contributed by atoms with Gasteiger partial charge in [-0.1, -0.05) is 48.2 Å². The number of carbonyl (C=O) groups is 2. The van der Waals surface area contributed by atoms with Crippen molar-refractivity contribution in [1.29, 1.82) is 0 Å². The molecule has 2 amide bonds. The number of anilines is 1. The number of hydrogen-bond acceptors (Lipinski definition) is 4. The number of aliphatic imine (C=N–C) groups is 1. The highest BCUT2D eigenvalue weighted by molar-refractivity contribution is 8.15. The second-order valence-corrected chi connectivity index (χ2v) is 7.43. The van der Waals surface area contributed by atoms with Crippen LogP contribution in [0.3, 0.4) is 0 Å². The van der Waals surface area contributed by atoms with E-state index in [1.165, 1.54) is 28.8 Å². The number of hydrogen-bond donors (Lipinski definition) is 1. The summed E-state index contributed by atoms with van der Waals surface area (Å²) in [6.45, 7) is 5.94. The molecule has 1 N–H and O–H groups in total. The summed E-state index contributed by atoms with van der Waals surface area (Å²) >= 11 is 1.24. The molecule has 0 aliphatic carbocycles. The normalized spacial score (nSPS) is 17.8. The first-order valence-corrected chi connectivity index (χ1v) is 9.65. The van der Waals surface area contributed by atoms with Gasteiger partial charge < -0.3 is 5.32 Å². The van der Waals surface area contributed by atoms with Gasteiger partial charge in [-0.15, -0.1) is 6.58 Å². The predicted octanol–water partition coefficient (Wildman–Crippen LogP) is 4.28. The Balaban J connectivity index is 1.76. The van der Waals surface area contributed by atoms with Crippen LogP contribution in [0.5, 0.6) is 0 Å². The molecule has 7 heteroatoms. The molecule has 1 fully saturated rings. The van der Waals surface area contributed by atoms with Gasteiger partial charge in [0.25, 0.3) is 0 Å². The third-order valence-electron chi connectivity index (χ3n) is 4.18. The Morgan fingerprint density at radius 2 is 2.00 bits per heavy atom. The lowest BCUT2D eigenvalue weighted by Gasteiger charge is -2.14. The molecule has 0 aromatic heterocycles. The maximum atomic E-state index is 13.7. The zero-order chi connectivity index (χ0) is 20.1. The number of aryl methyl sites for hydroxylation is 1. The van der Waals surface area contributed by atoms with Gasteiger partial charge >= 0.3 is 0 Å². The van der Waals surface area contributed by atoms with E-state index >= 15 is 0 Å². The van der Waals surface area contributed by atoms with Crippen LogP contribution in [0, 0.1) is 12.7 Å². The van der Waals surface area contributed by atoms with E-state index in [4.69, 9.17) is 0 Å². The number of halogens is 1. The van der Waals surface area contributed by atoms with Crippen LogP contribution >= 0.6 is 11.8 Å². The number of nitrogens with one attached hydrogen (secondary N) is 1. The second kappa shape index (κ2) is 8.84. The molecule has 2 aromatic carbocycles. The Bertz CT molecular complexity index is 945. The van der Waals surface area contributed by atoms with Crippen LogP contribution in [0.2, 0.25) is 0 Å². The van der Waals surface area contributed by atoms with E-state index in [1.807, 2.05) is 31.2 Å². The lowest BCUT2D eigenvalue weighted by atomic mass is 10.2. The molecule has 1 aliphatic heterocycles. The first-order valence-electron chi connectivity index (χ1n) is 8.77. The highest BCUT2D eigenvalue weighted by atomic mass is 32.2. The molecule has 5 nitrogen and oxygen atoms in total. The molecule has 0 bridgehead atoms. The van der Waals surface area contributed by atoms with Gasteiger partial charge in [0.2, 0.25) is 11.8 Å². The molecule has 2 aromatic rings.